The van der Waals surface area contributed by atoms with Crippen molar-refractivity contribution in [1.29, 1.82) is 0 Å². The third kappa shape index (κ3) is 2.19. The zero-order valence-electron chi connectivity index (χ0n) is 8.20. The Morgan fingerprint density at radius 1 is 1.58 bits per heavy atom. The molecule has 1 rings (SSSR count). The summed E-state index contributed by atoms with van der Waals surface area (Å²) in [6, 6.07) is 0. The molecule has 0 aliphatic carbocycles. The van der Waals surface area contributed by atoms with Crippen molar-refractivity contribution in [1.82, 2.24) is 5.32 Å². The molecule has 1 aliphatic heterocycles. The smallest absolute Gasteiger partial charge is 0.126 e. The standard InChI is InChI=1S/C10H20FN/c1-3-5-9(2)10(11)6-4-7-12-8-10/h9,12H,3-8H2,1-2H3. The van der Waals surface area contributed by atoms with Crippen LogP contribution in [0.1, 0.15) is 39.5 Å². The minimum atomic E-state index is -0.922. The van der Waals surface area contributed by atoms with Crippen LogP contribution in [0.4, 0.5) is 4.39 Å². The van der Waals surface area contributed by atoms with E-state index in [4.69, 9.17) is 0 Å². The predicted molar refractivity (Wildman–Crippen MR) is 50.0 cm³/mol. The number of rotatable bonds is 3. The lowest BCUT2D eigenvalue weighted by Gasteiger charge is -2.35. The normalized spacial score (nSPS) is 33.2. The summed E-state index contributed by atoms with van der Waals surface area (Å²) in [6.45, 7) is 5.71. The lowest BCUT2D eigenvalue weighted by molar-refractivity contribution is 0.0555. The summed E-state index contributed by atoms with van der Waals surface area (Å²) in [5, 5.41) is 3.14. The molecule has 1 heterocycles. The van der Waals surface area contributed by atoms with Crippen molar-refractivity contribution in [3.63, 3.8) is 0 Å². The molecule has 1 N–H and O–H groups in total. The number of hydrogen-bond acceptors (Lipinski definition) is 1. The Labute approximate surface area is 74.7 Å². The third-order valence-corrected chi connectivity index (χ3v) is 2.97. The minimum absolute atomic E-state index is 0.218. The van der Waals surface area contributed by atoms with Gasteiger partial charge in [0.05, 0.1) is 0 Å². The Hall–Kier alpha value is -0.110. The molecule has 0 bridgehead atoms. The van der Waals surface area contributed by atoms with Gasteiger partial charge in [0.15, 0.2) is 0 Å². The molecule has 0 radical (unpaired) electrons. The SMILES string of the molecule is CCCC(C)C1(F)CCCNC1. The van der Waals surface area contributed by atoms with Gasteiger partial charge in [-0.3, -0.25) is 0 Å². The maximum absolute atomic E-state index is 14.1. The Morgan fingerprint density at radius 3 is 2.83 bits per heavy atom. The lowest BCUT2D eigenvalue weighted by atomic mass is 9.82. The fourth-order valence-corrected chi connectivity index (χ4v) is 2.00. The molecule has 0 aromatic rings. The van der Waals surface area contributed by atoms with Crippen LogP contribution in [-0.2, 0) is 0 Å². The zero-order chi connectivity index (χ0) is 9.03. The van der Waals surface area contributed by atoms with Gasteiger partial charge in [0, 0.05) is 6.54 Å². The number of piperidine rings is 1. The average molecular weight is 173 g/mol. The van der Waals surface area contributed by atoms with Gasteiger partial charge < -0.3 is 5.32 Å². The molecule has 0 aromatic heterocycles. The van der Waals surface area contributed by atoms with Crippen molar-refractivity contribution in [3.05, 3.63) is 0 Å². The Bertz CT molecular complexity index is 130. The molecule has 0 amide bonds. The summed E-state index contributed by atoms with van der Waals surface area (Å²) in [7, 11) is 0. The summed E-state index contributed by atoms with van der Waals surface area (Å²) in [4.78, 5) is 0. The van der Waals surface area contributed by atoms with Gasteiger partial charge >= 0.3 is 0 Å². The Balaban J connectivity index is 2.44. The molecule has 2 atom stereocenters. The molecule has 0 spiro atoms. The van der Waals surface area contributed by atoms with Gasteiger partial charge in [0.25, 0.3) is 0 Å². The summed E-state index contributed by atoms with van der Waals surface area (Å²) >= 11 is 0. The van der Waals surface area contributed by atoms with Gasteiger partial charge in [-0.25, -0.2) is 4.39 Å². The van der Waals surface area contributed by atoms with Crippen molar-refractivity contribution >= 4 is 0 Å². The van der Waals surface area contributed by atoms with Crippen LogP contribution in [0, 0.1) is 5.92 Å². The number of alkyl halides is 1. The largest absolute Gasteiger partial charge is 0.314 e. The van der Waals surface area contributed by atoms with Crippen molar-refractivity contribution in [2.75, 3.05) is 13.1 Å². The molecule has 0 aromatic carbocycles. The predicted octanol–water partition coefficient (Wildman–Crippen LogP) is 2.51. The van der Waals surface area contributed by atoms with Crippen molar-refractivity contribution < 1.29 is 4.39 Å². The number of halogens is 1. The first kappa shape index (κ1) is 9.97. The minimum Gasteiger partial charge on any atom is -0.314 e. The molecule has 2 heteroatoms. The van der Waals surface area contributed by atoms with E-state index in [0.29, 0.717) is 6.54 Å². The van der Waals surface area contributed by atoms with E-state index in [2.05, 4.69) is 12.2 Å². The van der Waals surface area contributed by atoms with Gasteiger partial charge in [-0.05, 0) is 31.7 Å². The summed E-state index contributed by atoms with van der Waals surface area (Å²) in [6.07, 6.45) is 3.84. The summed E-state index contributed by atoms with van der Waals surface area (Å²) < 4.78 is 14.1. The molecular weight excluding hydrogens is 153 g/mol. The summed E-state index contributed by atoms with van der Waals surface area (Å²) in [5.41, 5.74) is -0.922. The lowest BCUT2D eigenvalue weighted by Crippen LogP contribution is -2.46. The Kier molecular flexibility index (Phi) is 3.51. The average Bonchev–Trinajstić information content (AvgIpc) is 2.06. The van der Waals surface area contributed by atoms with E-state index in [1.165, 1.54) is 0 Å². The van der Waals surface area contributed by atoms with Crippen LogP contribution < -0.4 is 5.32 Å². The van der Waals surface area contributed by atoms with E-state index in [0.717, 1.165) is 32.2 Å². The first-order valence-corrected chi connectivity index (χ1v) is 5.08. The quantitative estimate of drug-likeness (QED) is 0.691. The molecule has 0 saturated carbocycles. The summed E-state index contributed by atoms with van der Waals surface area (Å²) in [5.74, 6) is 0.218. The maximum atomic E-state index is 14.1. The molecule has 2 unspecified atom stereocenters. The molecule has 1 aliphatic rings. The van der Waals surface area contributed by atoms with E-state index in [1.54, 1.807) is 0 Å². The van der Waals surface area contributed by atoms with E-state index < -0.39 is 5.67 Å². The zero-order valence-corrected chi connectivity index (χ0v) is 8.20. The van der Waals surface area contributed by atoms with Crippen LogP contribution in [0.25, 0.3) is 0 Å². The highest BCUT2D eigenvalue weighted by Gasteiger charge is 2.36. The molecule has 1 saturated heterocycles. The molecule has 12 heavy (non-hydrogen) atoms. The van der Waals surface area contributed by atoms with Crippen LogP contribution >= 0.6 is 0 Å². The number of nitrogens with one attached hydrogen (secondary N) is 1. The highest BCUT2D eigenvalue weighted by Crippen LogP contribution is 2.32. The van der Waals surface area contributed by atoms with Crippen molar-refractivity contribution in [2.45, 2.75) is 45.2 Å². The topological polar surface area (TPSA) is 12.0 Å². The van der Waals surface area contributed by atoms with E-state index in [9.17, 15) is 4.39 Å². The van der Waals surface area contributed by atoms with Crippen molar-refractivity contribution in [3.8, 4) is 0 Å². The monoisotopic (exact) mass is 173 g/mol. The van der Waals surface area contributed by atoms with Crippen LogP contribution in [0.5, 0.6) is 0 Å². The van der Waals surface area contributed by atoms with Gasteiger partial charge in [-0.2, -0.15) is 0 Å². The Morgan fingerprint density at radius 2 is 2.33 bits per heavy atom. The van der Waals surface area contributed by atoms with Gasteiger partial charge in [0.1, 0.15) is 5.67 Å². The van der Waals surface area contributed by atoms with Crippen LogP contribution in [0.3, 0.4) is 0 Å². The molecular formula is C10H20FN. The highest BCUT2D eigenvalue weighted by molar-refractivity contribution is 4.89. The second kappa shape index (κ2) is 4.22. The first-order valence-electron chi connectivity index (χ1n) is 5.08. The van der Waals surface area contributed by atoms with E-state index in [-0.39, 0.29) is 5.92 Å². The number of hydrogen-bond donors (Lipinski definition) is 1. The fraction of sp³-hybridized carbons (Fsp3) is 1.00. The van der Waals surface area contributed by atoms with Gasteiger partial charge in [-0.15, -0.1) is 0 Å². The molecule has 1 fully saturated rings. The molecule has 1 nitrogen and oxygen atoms in total. The van der Waals surface area contributed by atoms with Gasteiger partial charge in [-0.1, -0.05) is 20.3 Å². The van der Waals surface area contributed by atoms with Crippen LogP contribution in [0.15, 0.2) is 0 Å². The second-order valence-electron chi connectivity index (χ2n) is 4.00. The molecule has 72 valence electrons. The van der Waals surface area contributed by atoms with E-state index in [1.807, 2.05) is 6.92 Å². The second-order valence-corrected chi connectivity index (χ2v) is 4.00. The van der Waals surface area contributed by atoms with Crippen LogP contribution in [-0.4, -0.2) is 18.8 Å². The maximum Gasteiger partial charge on any atom is 0.126 e. The van der Waals surface area contributed by atoms with Gasteiger partial charge in [0.2, 0.25) is 0 Å². The highest BCUT2D eigenvalue weighted by atomic mass is 19.1. The fourth-order valence-electron chi connectivity index (χ4n) is 2.00. The van der Waals surface area contributed by atoms with Crippen LogP contribution in [0.2, 0.25) is 0 Å². The third-order valence-electron chi connectivity index (χ3n) is 2.97. The first-order chi connectivity index (χ1) is 5.69. The van der Waals surface area contributed by atoms with Crippen molar-refractivity contribution in [2.24, 2.45) is 5.92 Å². The van der Waals surface area contributed by atoms with E-state index >= 15 is 0 Å².